The molecule has 0 unspecified atom stereocenters. The number of hydrogen-bond acceptors (Lipinski definition) is 3. The fourth-order valence-corrected chi connectivity index (χ4v) is 1.46. The van der Waals surface area contributed by atoms with E-state index in [1.807, 2.05) is 0 Å². The molecule has 3 nitrogen and oxygen atoms in total. The monoisotopic (exact) mass is 192 g/mol. The van der Waals surface area contributed by atoms with Gasteiger partial charge in [-0.1, -0.05) is 0 Å². The summed E-state index contributed by atoms with van der Waals surface area (Å²) in [6, 6.07) is 0. The first-order valence-electron chi connectivity index (χ1n) is 3.66. The van der Waals surface area contributed by atoms with Gasteiger partial charge in [0.05, 0.1) is 6.42 Å². The molecule has 0 aromatic rings. The van der Waals surface area contributed by atoms with E-state index >= 15 is 0 Å². The van der Waals surface area contributed by atoms with E-state index in [-0.39, 0.29) is 5.97 Å². The van der Waals surface area contributed by atoms with Crippen molar-refractivity contribution in [1.82, 2.24) is 0 Å². The summed E-state index contributed by atoms with van der Waals surface area (Å²) in [7, 11) is -0.948. The summed E-state index contributed by atoms with van der Waals surface area (Å²) in [5, 5.41) is 0. The summed E-state index contributed by atoms with van der Waals surface area (Å²) in [4.78, 5) is 10.6. The van der Waals surface area contributed by atoms with Crippen molar-refractivity contribution in [1.29, 1.82) is 0 Å². The van der Waals surface area contributed by atoms with Crippen LogP contribution in [-0.4, -0.2) is 31.4 Å². The summed E-state index contributed by atoms with van der Waals surface area (Å²) in [6.45, 7) is 6.80. The first-order valence-corrected chi connectivity index (χ1v) is 7.89. The molecule has 0 rings (SSSR count). The van der Waals surface area contributed by atoms with Gasteiger partial charge in [0.15, 0.2) is 8.32 Å². The maximum Gasteiger partial charge on any atom is 0.294 e. The Balaban J connectivity index is 3.35. The molecule has 0 atom stereocenters. The third-order valence-electron chi connectivity index (χ3n) is 1.07. The number of carbonyl (C=O) groups is 1. The van der Waals surface area contributed by atoms with Crippen LogP contribution in [0, 0.1) is 0 Å². The largest absolute Gasteiger partial charge is 0.529 e. The summed E-state index contributed by atoms with van der Waals surface area (Å²) >= 11 is 0. The van der Waals surface area contributed by atoms with E-state index in [0.29, 0.717) is 23.5 Å². The van der Waals surface area contributed by atoms with Gasteiger partial charge in [0.25, 0.3) is 5.97 Å². The summed E-state index contributed by atoms with van der Waals surface area (Å²) in [5.41, 5.74) is 0. The second-order valence-electron chi connectivity index (χ2n) is 3.29. The topological polar surface area (TPSA) is 35.5 Å². The highest BCUT2D eigenvalue weighted by Crippen LogP contribution is 2.02. The normalized spacial score (nSPS) is 11.5. The van der Waals surface area contributed by atoms with E-state index in [2.05, 4.69) is 24.1 Å². The third kappa shape index (κ3) is 7.76. The van der Waals surface area contributed by atoms with Gasteiger partial charge in [-0.25, -0.2) is 0 Å². The number of rotatable bonds is 4. The predicted octanol–water partition coefficient (Wildman–Crippen LogP) is 0.0516. The van der Waals surface area contributed by atoms with E-state index < -0.39 is 8.32 Å². The highest BCUT2D eigenvalue weighted by atomic mass is 28.4. The average Bonchev–Trinajstić information content (AvgIpc) is 1.85. The van der Waals surface area contributed by atoms with Crippen LogP contribution < -0.4 is 0 Å². The molecular formula is C6H16O3Si2. The molecule has 0 aromatic carbocycles. The van der Waals surface area contributed by atoms with Gasteiger partial charge in [0.2, 0.25) is 10.5 Å². The van der Waals surface area contributed by atoms with Gasteiger partial charge in [-0.2, -0.15) is 0 Å². The molecule has 0 saturated heterocycles. The standard InChI is InChI=1S/C6H16O3Si2/c1-11(2,3)8-5-4-6(7)9-10/h4-5H2,1-3,10H3. The van der Waals surface area contributed by atoms with Gasteiger partial charge in [0, 0.05) is 6.61 Å². The van der Waals surface area contributed by atoms with E-state index in [1.54, 1.807) is 0 Å². The third-order valence-corrected chi connectivity index (χ3v) is 2.59. The first-order chi connectivity index (χ1) is 4.95. The van der Waals surface area contributed by atoms with Gasteiger partial charge >= 0.3 is 0 Å². The molecule has 0 spiro atoms. The van der Waals surface area contributed by atoms with Crippen molar-refractivity contribution >= 4 is 24.8 Å². The van der Waals surface area contributed by atoms with Crippen molar-refractivity contribution in [3.63, 3.8) is 0 Å². The van der Waals surface area contributed by atoms with Crippen LogP contribution in [0.3, 0.4) is 0 Å². The lowest BCUT2D eigenvalue weighted by Gasteiger charge is -2.16. The maximum atomic E-state index is 10.6. The van der Waals surface area contributed by atoms with Crippen LogP contribution in [0.15, 0.2) is 0 Å². The Morgan fingerprint density at radius 3 is 2.36 bits per heavy atom. The minimum atomic E-state index is -1.43. The Hall–Kier alpha value is -0.136. The Morgan fingerprint density at radius 2 is 2.00 bits per heavy atom. The van der Waals surface area contributed by atoms with Gasteiger partial charge in [-0.15, -0.1) is 0 Å². The number of hydrogen-bond donors (Lipinski definition) is 0. The fraction of sp³-hybridized carbons (Fsp3) is 0.833. The van der Waals surface area contributed by atoms with Crippen molar-refractivity contribution in [3.05, 3.63) is 0 Å². The molecule has 5 heteroatoms. The molecule has 0 radical (unpaired) electrons. The van der Waals surface area contributed by atoms with E-state index in [1.165, 1.54) is 0 Å². The van der Waals surface area contributed by atoms with E-state index in [4.69, 9.17) is 4.43 Å². The average molecular weight is 192 g/mol. The zero-order valence-electron chi connectivity index (χ0n) is 7.64. The lowest BCUT2D eigenvalue weighted by Crippen LogP contribution is -2.26. The van der Waals surface area contributed by atoms with Crippen LogP contribution in [0.4, 0.5) is 0 Å². The predicted molar refractivity (Wildman–Crippen MR) is 49.9 cm³/mol. The zero-order chi connectivity index (χ0) is 8.91. The molecule has 0 N–H and O–H groups in total. The molecule has 0 aliphatic carbocycles. The van der Waals surface area contributed by atoms with Crippen molar-refractivity contribution in [2.45, 2.75) is 26.1 Å². The van der Waals surface area contributed by atoms with Gasteiger partial charge < -0.3 is 8.85 Å². The minimum Gasteiger partial charge on any atom is -0.529 e. The van der Waals surface area contributed by atoms with Gasteiger partial charge in [-0.3, -0.25) is 4.79 Å². The molecule has 0 saturated carbocycles. The van der Waals surface area contributed by atoms with E-state index in [9.17, 15) is 4.79 Å². The molecule has 0 aliphatic heterocycles. The summed E-state index contributed by atoms with van der Waals surface area (Å²) < 4.78 is 10.1. The molecule has 11 heavy (non-hydrogen) atoms. The molecule has 0 aliphatic rings. The molecule has 0 heterocycles. The summed E-state index contributed by atoms with van der Waals surface area (Å²) in [5.74, 6) is -0.144. The SMILES string of the molecule is C[Si](C)(C)OCCC(=O)O[SiH3]. The Kier molecular flexibility index (Phi) is 4.63. The second-order valence-corrected chi connectivity index (χ2v) is 8.21. The van der Waals surface area contributed by atoms with Crippen LogP contribution in [0.5, 0.6) is 0 Å². The van der Waals surface area contributed by atoms with Crippen LogP contribution in [0.2, 0.25) is 19.6 Å². The van der Waals surface area contributed by atoms with Crippen LogP contribution in [0.25, 0.3) is 0 Å². The minimum absolute atomic E-state index is 0.144. The van der Waals surface area contributed by atoms with Crippen molar-refractivity contribution in [2.75, 3.05) is 6.61 Å². The quantitative estimate of drug-likeness (QED) is 0.591. The van der Waals surface area contributed by atoms with Crippen molar-refractivity contribution in [2.24, 2.45) is 0 Å². The highest BCUT2D eigenvalue weighted by molar-refractivity contribution is 6.69. The lowest BCUT2D eigenvalue weighted by molar-refractivity contribution is -0.134. The van der Waals surface area contributed by atoms with Crippen LogP contribution >= 0.6 is 0 Å². The Bertz CT molecular complexity index is 130. The Labute approximate surface area is 71.8 Å². The van der Waals surface area contributed by atoms with Crippen molar-refractivity contribution < 1.29 is 13.6 Å². The zero-order valence-corrected chi connectivity index (χ0v) is 10.6. The highest BCUT2D eigenvalue weighted by Gasteiger charge is 2.14. The number of carbonyl (C=O) groups excluding carboxylic acids is 1. The molecule has 0 bridgehead atoms. The van der Waals surface area contributed by atoms with Crippen LogP contribution in [0.1, 0.15) is 6.42 Å². The molecule has 0 fully saturated rings. The lowest BCUT2D eigenvalue weighted by atomic mass is 10.5. The van der Waals surface area contributed by atoms with E-state index in [0.717, 1.165) is 0 Å². The van der Waals surface area contributed by atoms with Gasteiger partial charge in [-0.05, 0) is 19.6 Å². The molecule has 66 valence electrons. The maximum absolute atomic E-state index is 10.6. The van der Waals surface area contributed by atoms with Crippen molar-refractivity contribution in [3.8, 4) is 0 Å². The molecule has 0 amide bonds. The fourth-order valence-electron chi connectivity index (χ4n) is 0.543. The second kappa shape index (κ2) is 4.68. The molecule has 0 aromatic heterocycles. The smallest absolute Gasteiger partial charge is 0.294 e. The van der Waals surface area contributed by atoms with Gasteiger partial charge in [0.1, 0.15) is 0 Å². The molecular weight excluding hydrogens is 176 g/mol. The summed E-state index contributed by atoms with van der Waals surface area (Å²) in [6.07, 6.45) is 0.397. The van der Waals surface area contributed by atoms with Crippen LogP contribution in [-0.2, 0) is 13.6 Å². The first kappa shape index (κ1) is 10.9. The Morgan fingerprint density at radius 1 is 1.45 bits per heavy atom.